The average Bonchev–Trinajstić information content (AvgIpc) is 2.72. The maximum Gasteiger partial charge on any atom is 0.152 e. The summed E-state index contributed by atoms with van der Waals surface area (Å²) in [6.45, 7) is 8.68. The lowest BCUT2D eigenvalue weighted by atomic mass is 9.92. The highest BCUT2D eigenvalue weighted by Gasteiger charge is 2.20. The van der Waals surface area contributed by atoms with Crippen LogP contribution in [0, 0.1) is 0 Å². The highest BCUT2D eigenvalue weighted by molar-refractivity contribution is 5.68. The minimum atomic E-state index is 0.0488. The number of rotatable bonds is 2. The fourth-order valence-electron chi connectivity index (χ4n) is 2.74. The third-order valence-electron chi connectivity index (χ3n) is 4.05. The van der Waals surface area contributed by atoms with Gasteiger partial charge in [-0.15, -0.1) is 0 Å². The Morgan fingerprint density at radius 2 is 2.19 bits per heavy atom. The van der Waals surface area contributed by atoms with Crippen LogP contribution in [0.3, 0.4) is 0 Å². The van der Waals surface area contributed by atoms with Crippen LogP contribution in [0.2, 0.25) is 0 Å². The summed E-state index contributed by atoms with van der Waals surface area (Å²) in [6.07, 6.45) is 7.45. The highest BCUT2D eigenvalue weighted by atomic mass is 15.2. The van der Waals surface area contributed by atoms with Crippen molar-refractivity contribution in [3.8, 4) is 0 Å². The van der Waals surface area contributed by atoms with Crippen LogP contribution in [0.4, 0.5) is 5.82 Å². The molecule has 1 fully saturated rings. The lowest BCUT2D eigenvalue weighted by Gasteiger charge is -2.17. The molecule has 5 heteroatoms. The van der Waals surface area contributed by atoms with E-state index in [0.29, 0.717) is 6.04 Å². The van der Waals surface area contributed by atoms with Gasteiger partial charge in [0.2, 0.25) is 0 Å². The summed E-state index contributed by atoms with van der Waals surface area (Å²) < 4.78 is 1.93. The summed E-state index contributed by atoms with van der Waals surface area (Å²) in [5.74, 6) is 0.939. The summed E-state index contributed by atoms with van der Waals surface area (Å²) >= 11 is 0. The Morgan fingerprint density at radius 1 is 1.33 bits per heavy atom. The molecular weight excluding hydrogens is 262 g/mol. The molecular formula is C16H25N5. The molecule has 0 amide bonds. The first-order valence-corrected chi connectivity index (χ1v) is 7.86. The van der Waals surface area contributed by atoms with Gasteiger partial charge in [0.15, 0.2) is 5.82 Å². The topological polar surface area (TPSA) is 54.2 Å². The summed E-state index contributed by atoms with van der Waals surface area (Å²) in [5.41, 5.74) is 2.21. The molecule has 3 rings (SSSR count). The van der Waals surface area contributed by atoms with Crippen molar-refractivity contribution in [1.82, 2.24) is 19.9 Å². The number of aromatic nitrogens is 3. The van der Waals surface area contributed by atoms with Gasteiger partial charge in [0.05, 0.1) is 5.69 Å². The zero-order valence-electron chi connectivity index (χ0n) is 13.2. The molecule has 1 unspecified atom stereocenters. The SMILES string of the molecule is CC(C)(C)c1cc2c(NC3CCCCNC3)nccn2n1. The van der Waals surface area contributed by atoms with Crippen molar-refractivity contribution in [3.05, 3.63) is 24.2 Å². The predicted octanol–water partition coefficient (Wildman–Crippen LogP) is 2.58. The van der Waals surface area contributed by atoms with Crippen LogP contribution in [0.1, 0.15) is 45.7 Å². The fraction of sp³-hybridized carbons (Fsp3) is 0.625. The van der Waals surface area contributed by atoms with Crippen LogP contribution in [-0.4, -0.2) is 33.7 Å². The molecule has 0 aromatic carbocycles. The molecule has 0 bridgehead atoms. The molecule has 0 spiro atoms. The Hall–Kier alpha value is -1.62. The van der Waals surface area contributed by atoms with Gasteiger partial charge < -0.3 is 10.6 Å². The van der Waals surface area contributed by atoms with E-state index in [2.05, 4.69) is 47.6 Å². The zero-order valence-corrected chi connectivity index (χ0v) is 13.2. The van der Waals surface area contributed by atoms with E-state index in [9.17, 15) is 0 Å². The molecule has 0 saturated carbocycles. The number of hydrogen-bond acceptors (Lipinski definition) is 4. The molecule has 21 heavy (non-hydrogen) atoms. The first-order valence-electron chi connectivity index (χ1n) is 7.86. The zero-order chi connectivity index (χ0) is 14.9. The largest absolute Gasteiger partial charge is 0.364 e. The van der Waals surface area contributed by atoms with Crippen LogP contribution < -0.4 is 10.6 Å². The molecule has 1 aliphatic rings. The number of fused-ring (bicyclic) bond motifs is 1. The van der Waals surface area contributed by atoms with Gasteiger partial charge in [-0.05, 0) is 25.5 Å². The maximum absolute atomic E-state index is 4.68. The van der Waals surface area contributed by atoms with Gasteiger partial charge in [-0.3, -0.25) is 0 Å². The van der Waals surface area contributed by atoms with E-state index in [-0.39, 0.29) is 5.41 Å². The Labute approximate surface area is 126 Å². The van der Waals surface area contributed by atoms with Crippen LogP contribution in [0.25, 0.3) is 5.52 Å². The van der Waals surface area contributed by atoms with Crippen molar-refractivity contribution in [1.29, 1.82) is 0 Å². The van der Waals surface area contributed by atoms with Gasteiger partial charge in [0, 0.05) is 30.4 Å². The molecule has 114 valence electrons. The van der Waals surface area contributed by atoms with Gasteiger partial charge in [-0.1, -0.05) is 27.2 Å². The van der Waals surface area contributed by atoms with Gasteiger partial charge >= 0.3 is 0 Å². The molecule has 3 heterocycles. The average molecular weight is 287 g/mol. The number of anilines is 1. The van der Waals surface area contributed by atoms with Crippen molar-refractivity contribution in [3.63, 3.8) is 0 Å². The molecule has 1 saturated heterocycles. The van der Waals surface area contributed by atoms with Gasteiger partial charge in [0.25, 0.3) is 0 Å². The van der Waals surface area contributed by atoms with Crippen molar-refractivity contribution >= 4 is 11.3 Å². The van der Waals surface area contributed by atoms with E-state index in [1.165, 1.54) is 19.3 Å². The standard InChI is InChI=1S/C16H25N5/c1-16(2,3)14-10-13-15(18-8-9-21(13)20-14)19-12-6-4-5-7-17-11-12/h8-10,12,17H,4-7,11H2,1-3H3,(H,18,19). The number of hydrogen-bond donors (Lipinski definition) is 2. The number of nitrogens with zero attached hydrogens (tertiary/aromatic N) is 3. The van der Waals surface area contributed by atoms with Crippen molar-refractivity contribution in [2.75, 3.05) is 18.4 Å². The van der Waals surface area contributed by atoms with E-state index in [4.69, 9.17) is 0 Å². The first kappa shape index (κ1) is 14.3. The minimum Gasteiger partial charge on any atom is -0.364 e. The fourth-order valence-corrected chi connectivity index (χ4v) is 2.74. The second kappa shape index (κ2) is 5.64. The Balaban J connectivity index is 1.89. The lowest BCUT2D eigenvalue weighted by molar-refractivity contribution is 0.562. The summed E-state index contributed by atoms with van der Waals surface area (Å²) in [6, 6.07) is 2.60. The second-order valence-electron chi connectivity index (χ2n) is 6.93. The van der Waals surface area contributed by atoms with Crippen LogP contribution in [0.5, 0.6) is 0 Å². The molecule has 0 radical (unpaired) electrons. The molecule has 2 aromatic heterocycles. The summed E-state index contributed by atoms with van der Waals surface area (Å²) in [5, 5.41) is 11.8. The Morgan fingerprint density at radius 3 is 3.00 bits per heavy atom. The smallest absolute Gasteiger partial charge is 0.152 e. The normalized spacial score (nSPS) is 20.4. The summed E-state index contributed by atoms with van der Waals surface area (Å²) in [4.78, 5) is 4.53. The van der Waals surface area contributed by atoms with E-state index in [1.54, 1.807) is 0 Å². The molecule has 1 aliphatic heterocycles. The Kier molecular flexibility index (Phi) is 3.85. The highest BCUT2D eigenvalue weighted by Crippen LogP contribution is 2.25. The Bertz CT molecular complexity index is 603. The van der Waals surface area contributed by atoms with Crippen LogP contribution in [-0.2, 0) is 5.41 Å². The quantitative estimate of drug-likeness (QED) is 0.891. The molecule has 2 aromatic rings. The number of nitrogens with one attached hydrogen (secondary N) is 2. The van der Waals surface area contributed by atoms with E-state index in [1.807, 2.05) is 16.9 Å². The van der Waals surface area contributed by atoms with E-state index >= 15 is 0 Å². The minimum absolute atomic E-state index is 0.0488. The first-order chi connectivity index (χ1) is 10.0. The van der Waals surface area contributed by atoms with Gasteiger partial charge in [0.1, 0.15) is 5.52 Å². The molecule has 1 atom stereocenters. The monoisotopic (exact) mass is 287 g/mol. The summed E-state index contributed by atoms with van der Waals surface area (Å²) in [7, 11) is 0. The second-order valence-corrected chi connectivity index (χ2v) is 6.93. The lowest BCUT2D eigenvalue weighted by Crippen LogP contribution is -2.31. The van der Waals surface area contributed by atoms with E-state index < -0.39 is 0 Å². The predicted molar refractivity (Wildman–Crippen MR) is 85.8 cm³/mol. The molecule has 5 nitrogen and oxygen atoms in total. The van der Waals surface area contributed by atoms with Gasteiger partial charge in [-0.25, -0.2) is 9.50 Å². The van der Waals surface area contributed by atoms with Crippen LogP contribution >= 0.6 is 0 Å². The van der Waals surface area contributed by atoms with E-state index in [0.717, 1.165) is 30.1 Å². The third-order valence-corrected chi connectivity index (χ3v) is 4.05. The van der Waals surface area contributed by atoms with Gasteiger partial charge in [-0.2, -0.15) is 5.10 Å². The molecule has 2 N–H and O–H groups in total. The molecule has 0 aliphatic carbocycles. The van der Waals surface area contributed by atoms with Crippen LogP contribution in [0.15, 0.2) is 18.5 Å². The maximum atomic E-state index is 4.68. The van der Waals surface area contributed by atoms with Crippen molar-refractivity contribution in [2.24, 2.45) is 0 Å². The van der Waals surface area contributed by atoms with Crippen molar-refractivity contribution in [2.45, 2.75) is 51.5 Å². The van der Waals surface area contributed by atoms with Crippen molar-refractivity contribution < 1.29 is 0 Å². The third kappa shape index (κ3) is 3.18.